The molecule has 0 radical (unpaired) electrons. The first-order valence-corrected chi connectivity index (χ1v) is 15.6. The lowest BCUT2D eigenvalue weighted by Gasteiger charge is -2.27. The van der Waals surface area contributed by atoms with Crippen molar-refractivity contribution in [3.05, 3.63) is 130 Å². The molecule has 0 aliphatic carbocycles. The number of carboxylic acid groups (broad SMARTS) is 1. The Labute approximate surface area is 265 Å². The summed E-state index contributed by atoms with van der Waals surface area (Å²) in [5.41, 5.74) is 6.48. The standard InChI is InChI=1S/C38H42FNO5/c1-25-13-14-29(19-37(25)39)18-31-20-33(45-23-28-9-5-4-6-10-28)22-40(31)21-32(41)24-44-27(3)35-11-7-8-12-36(35)30-15-16-34(38(42)43)26(2)17-30/h4-17,19,27,31-33,41H,18,20-24H2,1-3H3,(H,42,43)/t27-,31-,32-,33-/m1/s1. The van der Waals surface area contributed by atoms with E-state index in [0.29, 0.717) is 37.2 Å². The molecule has 0 aromatic heterocycles. The highest BCUT2D eigenvalue weighted by Crippen LogP contribution is 2.32. The summed E-state index contributed by atoms with van der Waals surface area (Å²) in [6, 6.07) is 28.8. The van der Waals surface area contributed by atoms with Crippen molar-refractivity contribution < 1.29 is 28.9 Å². The molecular formula is C38H42FNO5. The van der Waals surface area contributed by atoms with Gasteiger partial charge in [-0.05, 0) is 84.7 Å². The van der Waals surface area contributed by atoms with E-state index >= 15 is 0 Å². The predicted molar refractivity (Wildman–Crippen MR) is 174 cm³/mol. The van der Waals surface area contributed by atoms with E-state index in [1.807, 2.05) is 85.8 Å². The molecule has 4 atom stereocenters. The highest BCUT2D eigenvalue weighted by atomic mass is 19.1. The Hall–Kier alpha value is -3.88. The first-order valence-electron chi connectivity index (χ1n) is 15.6. The molecule has 0 spiro atoms. The van der Waals surface area contributed by atoms with Gasteiger partial charge in [-0.2, -0.15) is 0 Å². The third-order valence-electron chi connectivity index (χ3n) is 8.68. The molecule has 1 heterocycles. The number of aliphatic hydroxyl groups is 1. The van der Waals surface area contributed by atoms with Crippen LogP contribution in [-0.4, -0.2) is 59.0 Å². The topological polar surface area (TPSA) is 79.2 Å². The van der Waals surface area contributed by atoms with Crippen LogP contribution < -0.4 is 0 Å². The van der Waals surface area contributed by atoms with Crippen molar-refractivity contribution in [2.24, 2.45) is 0 Å². The SMILES string of the molecule is Cc1ccc(C[C@@H]2C[C@@H](OCc3ccccc3)CN2C[C@@H](O)CO[C@H](C)c2ccccc2-c2ccc(C(=O)O)c(C)c2)cc1F. The lowest BCUT2D eigenvalue weighted by molar-refractivity contribution is -0.0192. The van der Waals surface area contributed by atoms with Gasteiger partial charge in [-0.1, -0.05) is 78.9 Å². The molecule has 1 aliphatic heterocycles. The predicted octanol–water partition coefficient (Wildman–Crippen LogP) is 7.15. The number of benzene rings is 4. The van der Waals surface area contributed by atoms with E-state index in [1.165, 1.54) is 0 Å². The van der Waals surface area contributed by atoms with Gasteiger partial charge >= 0.3 is 5.97 Å². The Kier molecular flexibility index (Phi) is 10.8. The number of carbonyl (C=O) groups is 1. The average Bonchev–Trinajstić information content (AvgIpc) is 3.41. The molecule has 5 rings (SSSR count). The van der Waals surface area contributed by atoms with Crippen LogP contribution in [0.4, 0.5) is 4.39 Å². The molecule has 1 fully saturated rings. The summed E-state index contributed by atoms with van der Waals surface area (Å²) in [7, 11) is 0. The van der Waals surface area contributed by atoms with Crippen LogP contribution >= 0.6 is 0 Å². The quantitative estimate of drug-likeness (QED) is 0.167. The second-order valence-corrected chi connectivity index (χ2v) is 12.1. The molecule has 6 nitrogen and oxygen atoms in total. The molecule has 4 aromatic carbocycles. The number of ether oxygens (including phenoxy) is 2. The fraction of sp³-hybridized carbons (Fsp3) is 0.342. The Bertz CT molecular complexity index is 1590. The molecule has 236 valence electrons. The Morgan fingerprint density at radius 1 is 0.956 bits per heavy atom. The Morgan fingerprint density at radius 3 is 2.44 bits per heavy atom. The highest BCUT2D eigenvalue weighted by Gasteiger charge is 2.34. The van der Waals surface area contributed by atoms with E-state index in [9.17, 15) is 19.4 Å². The fourth-order valence-electron chi connectivity index (χ4n) is 6.17. The minimum atomic E-state index is -0.946. The van der Waals surface area contributed by atoms with Gasteiger partial charge in [0, 0.05) is 19.1 Å². The molecule has 7 heteroatoms. The number of aryl methyl sites for hydroxylation is 2. The van der Waals surface area contributed by atoms with Gasteiger partial charge in [0.2, 0.25) is 0 Å². The molecule has 0 unspecified atom stereocenters. The number of β-amino-alcohol motifs (C(OH)–C–C–N with tert-alkyl or cyclic N) is 1. The monoisotopic (exact) mass is 611 g/mol. The summed E-state index contributed by atoms with van der Waals surface area (Å²) >= 11 is 0. The zero-order valence-electron chi connectivity index (χ0n) is 26.2. The van der Waals surface area contributed by atoms with Crippen molar-refractivity contribution in [2.75, 3.05) is 19.7 Å². The molecule has 1 saturated heterocycles. The Morgan fingerprint density at radius 2 is 1.71 bits per heavy atom. The molecule has 1 aliphatic rings. The second-order valence-electron chi connectivity index (χ2n) is 12.1. The maximum absolute atomic E-state index is 14.3. The first kappa shape index (κ1) is 32.5. The maximum atomic E-state index is 14.3. The van der Waals surface area contributed by atoms with E-state index in [2.05, 4.69) is 4.90 Å². The van der Waals surface area contributed by atoms with Crippen molar-refractivity contribution in [1.29, 1.82) is 0 Å². The van der Waals surface area contributed by atoms with Crippen molar-refractivity contribution in [2.45, 2.75) is 64.6 Å². The normalized spacial score (nSPS) is 18.2. The lowest BCUT2D eigenvalue weighted by Crippen LogP contribution is -2.39. The number of carboxylic acids is 1. The average molecular weight is 612 g/mol. The number of likely N-dealkylation sites (tertiary alicyclic amines) is 1. The molecule has 0 bridgehead atoms. The van der Waals surface area contributed by atoms with Crippen LogP contribution in [0.5, 0.6) is 0 Å². The van der Waals surface area contributed by atoms with Gasteiger partial charge in [-0.3, -0.25) is 4.90 Å². The summed E-state index contributed by atoms with van der Waals surface area (Å²) in [6.45, 7) is 7.27. The number of aliphatic hydroxyl groups excluding tert-OH is 1. The minimum absolute atomic E-state index is 0.000363. The number of nitrogens with zero attached hydrogens (tertiary/aromatic N) is 1. The highest BCUT2D eigenvalue weighted by molar-refractivity contribution is 5.90. The molecule has 0 saturated carbocycles. The molecule has 2 N–H and O–H groups in total. The van der Waals surface area contributed by atoms with Gasteiger partial charge in [0.25, 0.3) is 0 Å². The van der Waals surface area contributed by atoms with E-state index in [1.54, 1.807) is 26.0 Å². The largest absolute Gasteiger partial charge is 0.478 e. The summed E-state index contributed by atoms with van der Waals surface area (Å²) in [6.07, 6.45) is 0.420. The van der Waals surface area contributed by atoms with Gasteiger partial charge in [-0.15, -0.1) is 0 Å². The van der Waals surface area contributed by atoms with Gasteiger partial charge in [0.15, 0.2) is 0 Å². The lowest BCUT2D eigenvalue weighted by atomic mass is 9.94. The van der Waals surface area contributed by atoms with Crippen LogP contribution in [0.1, 0.15) is 57.6 Å². The summed E-state index contributed by atoms with van der Waals surface area (Å²) in [4.78, 5) is 13.7. The van der Waals surface area contributed by atoms with Crippen LogP contribution in [0.15, 0.2) is 91.0 Å². The van der Waals surface area contributed by atoms with Crippen LogP contribution in [0, 0.1) is 19.7 Å². The molecule has 0 amide bonds. The fourth-order valence-corrected chi connectivity index (χ4v) is 6.17. The van der Waals surface area contributed by atoms with Gasteiger partial charge < -0.3 is 19.7 Å². The van der Waals surface area contributed by atoms with E-state index in [0.717, 1.165) is 34.2 Å². The number of halogens is 1. The van der Waals surface area contributed by atoms with Crippen LogP contribution in [-0.2, 0) is 22.5 Å². The zero-order chi connectivity index (χ0) is 31.9. The van der Waals surface area contributed by atoms with E-state index in [4.69, 9.17) is 9.47 Å². The van der Waals surface area contributed by atoms with Crippen LogP contribution in [0.2, 0.25) is 0 Å². The summed E-state index contributed by atoms with van der Waals surface area (Å²) < 4.78 is 26.9. The number of hydrogen-bond donors (Lipinski definition) is 2. The van der Waals surface area contributed by atoms with Crippen molar-refractivity contribution in [1.82, 2.24) is 4.90 Å². The number of rotatable bonds is 13. The van der Waals surface area contributed by atoms with E-state index < -0.39 is 12.1 Å². The smallest absolute Gasteiger partial charge is 0.335 e. The van der Waals surface area contributed by atoms with Crippen LogP contribution in [0.3, 0.4) is 0 Å². The molecular weight excluding hydrogens is 569 g/mol. The molecule has 4 aromatic rings. The first-order chi connectivity index (χ1) is 21.7. The van der Waals surface area contributed by atoms with Crippen molar-refractivity contribution >= 4 is 5.97 Å². The third kappa shape index (κ3) is 8.44. The minimum Gasteiger partial charge on any atom is -0.478 e. The van der Waals surface area contributed by atoms with Crippen LogP contribution in [0.25, 0.3) is 11.1 Å². The van der Waals surface area contributed by atoms with Gasteiger partial charge in [-0.25, -0.2) is 9.18 Å². The summed E-state index contributed by atoms with van der Waals surface area (Å²) in [5, 5.41) is 20.6. The number of aromatic carboxylic acids is 1. The number of hydrogen-bond acceptors (Lipinski definition) is 5. The zero-order valence-corrected chi connectivity index (χ0v) is 26.2. The molecule has 45 heavy (non-hydrogen) atoms. The second kappa shape index (κ2) is 14.9. The van der Waals surface area contributed by atoms with E-state index in [-0.39, 0.29) is 36.2 Å². The van der Waals surface area contributed by atoms with Gasteiger partial charge in [0.05, 0.1) is 37.1 Å². The Balaban J connectivity index is 1.23. The van der Waals surface area contributed by atoms with Crippen molar-refractivity contribution in [3.8, 4) is 11.1 Å². The summed E-state index contributed by atoms with van der Waals surface area (Å²) in [5.74, 6) is -1.15. The maximum Gasteiger partial charge on any atom is 0.335 e. The third-order valence-corrected chi connectivity index (χ3v) is 8.68. The van der Waals surface area contributed by atoms with Crippen molar-refractivity contribution in [3.63, 3.8) is 0 Å². The van der Waals surface area contributed by atoms with Gasteiger partial charge in [0.1, 0.15) is 5.82 Å².